The fourth-order valence-corrected chi connectivity index (χ4v) is 2.80. The van der Waals surface area contributed by atoms with Crippen LogP contribution in [0.1, 0.15) is 50.7 Å². The maximum atomic E-state index is 12.1. The molecule has 24 heavy (non-hydrogen) atoms. The molecule has 4 nitrogen and oxygen atoms in total. The molecular formula is C19H31ClN2O2. The highest BCUT2D eigenvalue weighted by Gasteiger charge is 2.16. The molecule has 1 aliphatic heterocycles. The predicted octanol–water partition coefficient (Wildman–Crippen LogP) is 3.60. The number of carbonyl (C=O) groups excluding carboxylic acids is 1. The Morgan fingerprint density at radius 1 is 1.46 bits per heavy atom. The summed E-state index contributed by atoms with van der Waals surface area (Å²) in [5.41, 5.74) is 2.22. The Kier molecular flexibility index (Phi) is 9.16. The van der Waals surface area contributed by atoms with Crippen LogP contribution >= 0.6 is 12.4 Å². The highest BCUT2D eigenvalue weighted by Crippen LogP contribution is 2.22. The largest absolute Gasteiger partial charge is 0.490 e. The van der Waals surface area contributed by atoms with Crippen LogP contribution in [0.3, 0.4) is 0 Å². The molecule has 0 radical (unpaired) electrons. The van der Waals surface area contributed by atoms with E-state index >= 15 is 0 Å². The number of nitrogens with one attached hydrogen (secondary N) is 2. The molecule has 1 aromatic rings. The molecule has 2 atom stereocenters. The third-order valence-corrected chi connectivity index (χ3v) is 4.54. The van der Waals surface area contributed by atoms with Crippen LogP contribution in [0.2, 0.25) is 0 Å². The number of benzene rings is 1. The number of halogens is 1. The molecule has 1 aromatic carbocycles. The van der Waals surface area contributed by atoms with Crippen LogP contribution in [0.25, 0.3) is 0 Å². The molecule has 2 rings (SSSR count). The van der Waals surface area contributed by atoms with Crippen LogP contribution in [0.5, 0.6) is 5.75 Å². The maximum absolute atomic E-state index is 12.1. The van der Waals surface area contributed by atoms with Gasteiger partial charge < -0.3 is 15.4 Å². The average molecular weight is 355 g/mol. The van der Waals surface area contributed by atoms with Crippen LogP contribution in [0.15, 0.2) is 18.2 Å². The Labute approximate surface area is 152 Å². The lowest BCUT2D eigenvalue weighted by Gasteiger charge is -2.17. The van der Waals surface area contributed by atoms with Crippen LogP contribution in [0, 0.1) is 12.8 Å². The first-order valence-corrected chi connectivity index (χ1v) is 8.82. The number of ether oxygens (including phenoxy) is 1. The molecule has 2 N–H and O–H groups in total. The molecule has 0 aliphatic carbocycles. The van der Waals surface area contributed by atoms with E-state index in [9.17, 15) is 4.79 Å². The third kappa shape index (κ3) is 6.70. The van der Waals surface area contributed by atoms with Crippen LogP contribution < -0.4 is 15.4 Å². The topological polar surface area (TPSA) is 50.4 Å². The molecule has 2 unspecified atom stereocenters. The normalized spacial score (nSPS) is 17.9. The molecule has 1 fully saturated rings. The summed E-state index contributed by atoms with van der Waals surface area (Å²) in [7, 11) is 0. The molecule has 1 heterocycles. The Bertz CT molecular complexity index is 516. The Hall–Kier alpha value is -1.26. The summed E-state index contributed by atoms with van der Waals surface area (Å²) in [6.07, 6.45) is 3.93. The number of carbonyl (C=O) groups is 1. The van der Waals surface area contributed by atoms with Gasteiger partial charge in [-0.05, 0) is 63.7 Å². The van der Waals surface area contributed by atoms with Gasteiger partial charge in [0.1, 0.15) is 5.75 Å². The van der Waals surface area contributed by atoms with E-state index < -0.39 is 0 Å². The van der Waals surface area contributed by atoms with Gasteiger partial charge in [0, 0.05) is 18.5 Å². The molecule has 5 heteroatoms. The minimum atomic E-state index is 0. The van der Waals surface area contributed by atoms with E-state index in [-0.39, 0.29) is 24.4 Å². The van der Waals surface area contributed by atoms with E-state index in [1.165, 1.54) is 12.0 Å². The zero-order valence-electron chi connectivity index (χ0n) is 15.1. The fourth-order valence-electron chi connectivity index (χ4n) is 2.80. The summed E-state index contributed by atoms with van der Waals surface area (Å²) in [6.45, 7) is 8.92. The van der Waals surface area contributed by atoms with E-state index in [0.717, 1.165) is 37.2 Å². The first-order chi connectivity index (χ1) is 11.1. The predicted molar refractivity (Wildman–Crippen MR) is 101 cm³/mol. The molecular weight excluding hydrogens is 324 g/mol. The molecule has 0 saturated carbocycles. The van der Waals surface area contributed by atoms with Gasteiger partial charge in [0.05, 0.1) is 6.10 Å². The first-order valence-electron chi connectivity index (χ1n) is 8.82. The second-order valence-electron chi connectivity index (χ2n) is 6.62. The Morgan fingerprint density at radius 2 is 2.25 bits per heavy atom. The van der Waals surface area contributed by atoms with Crippen molar-refractivity contribution >= 4 is 18.3 Å². The summed E-state index contributed by atoms with van der Waals surface area (Å²) in [5, 5.41) is 6.38. The van der Waals surface area contributed by atoms with Gasteiger partial charge in [0.15, 0.2) is 0 Å². The van der Waals surface area contributed by atoms with Crippen molar-refractivity contribution in [3.63, 3.8) is 0 Å². The SMILES string of the molecule is CCC(C)Oc1cc(C)ccc1CNC(=O)CCC1CCNC1.Cl. The maximum Gasteiger partial charge on any atom is 0.220 e. The van der Waals surface area contributed by atoms with Crippen LogP contribution in [0.4, 0.5) is 0 Å². The molecule has 0 spiro atoms. The van der Waals surface area contributed by atoms with Crippen molar-refractivity contribution in [2.45, 2.75) is 59.1 Å². The van der Waals surface area contributed by atoms with Gasteiger partial charge in [-0.1, -0.05) is 19.1 Å². The van der Waals surface area contributed by atoms with E-state index in [0.29, 0.717) is 18.9 Å². The zero-order chi connectivity index (χ0) is 16.7. The number of hydrogen-bond donors (Lipinski definition) is 2. The molecule has 1 aliphatic rings. The summed E-state index contributed by atoms with van der Waals surface area (Å²) < 4.78 is 5.99. The van der Waals surface area contributed by atoms with Gasteiger partial charge in [-0.25, -0.2) is 0 Å². The number of rotatable bonds is 8. The van der Waals surface area contributed by atoms with Crippen molar-refractivity contribution in [2.24, 2.45) is 5.92 Å². The average Bonchev–Trinajstić information content (AvgIpc) is 3.05. The molecule has 136 valence electrons. The fraction of sp³-hybridized carbons (Fsp3) is 0.632. The molecule has 0 bridgehead atoms. The van der Waals surface area contributed by atoms with Crippen molar-refractivity contribution < 1.29 is 9.53 Å². The van der Waals surface area contributed by atoms with Gasteiger partial charge in [-0.2, -0.15) is 0 Å². The van der Waals surface area contributed by atoms with Crippen LogP contribution in [-0.2, 0) is 11.3 Å². The molecule has 1 amide bonds. The highest BCUT2D eigenvalue weighted by atomic mass is 35.5. The van der Waals surface area contributed by atoms with Crippen molar-refractivity contribution in [1.82, 2.24) is 10.6 Å². The minimum Gasteiger partial charge on any atom is -0.490 e. The lowest BCUT2D eigenvalue weighted by Crippen LogP contribution is -2.24. The number of aryl methyl sites for hydroxylation is 1. The zero-order valence-corrected chi connectivity index (χ0v) is 15.9. The van der Waals surface area contributed by atoms with Crippen LogP contribution in [-0.4, -0.2) is 25.1 Å². The summed E-state index contributed by atoms with van der Waals surface area (Å²) in [5.74, 6) is 1.68. The van der Waals surface area contributed by atoms with Crippen molar-refractivity contribution in [3.05, 3.63) is 29.3 Å². The van der Waals surface area contributed by atoms with Crippen molar-refractivity contribution in [3.8, 4) is 5.75 Å². The van der Waals surface area contributed by atoms with E-state index in [2.05, 4.69) is 43.5 Å². The molecule has 1 saturated heterocycles. The van der Waals surface area contributed by atoms with Gasteiger partial charge >= 0.3 is 0 Å². The standard InChI is InChI=1S/C19H30N2O2.ClH/c1-4-15(3)23-18-11-14(2)5-7-17(18)13-21-19(22)8-6-16-9-10-20-12-16;/h5,7,11,15-16,20H,4,6,8-10,12-13H2,1-3H3,(H,21,22);1H. The highest BCUT2D eigenvalue weighted by molar-refractivity contribution is 5.85. The summed E-state index contributed by atoms with van der Waals surface area (Å²) in [4.78, 5) is 12.1. The lowest BCUT2D eigenvalue weighted by atomic mass is 10.0. The minimum absolute atomic E-state index is 0. The number of hydrogen-bond acceptors (Lipinski definition) is 3. The smallest absolute Gasteiger partial charge is 0.220 e. The Morgan fingerprint density at radius 3 is 2.92 bits per heavy atom. The van der Waals surface area contributed by atoms with Gasteiger partial charge in [-0.3, -0.25) is 4.79 Å². The van der Waals surface area contributed by atoms with E-state index in [1.807, 2.05) is 6.07 Å². The monoisotopic (exact) mass is 354 g/mol. The van der Waals surface area contributed by atoms with Gasteiger partial charge in [0.2, 0.25) is 5.91 Å². The summed E-state index contributed by atoms with van der Waals surface area (Å²) in [6, 6.07) is 6.17. The van der Waals surface area contributed by atoms with Crippen molar-refractivity contribution in [2.75, 3.05) is 13.1 Å². The van der Waals surface area contributed by atoms with Crippen molar-refractivity contribution in [1.29, 1.82) is 0 Å². The first kappa shape index (κ1) is 20.8. The third-order valence-electron chi connectivity index (χ3n) is 4.54. The summed E-state index contributed by atoms with van der Waals surface area (Å²) >= 11 is 0. The second kappa shape index (κ2) is 10.6. The van der Waals surface area contributed by atoms with E-state index in [4.69, 9.17) is 4.74 Å². The second-order valence-corrected chi connectivity index (χ2v) is 6.62. The number of amides is 1. The quantitative estimate of drug-likeness (QED) is 0.750. The lowest BCUT2D eigenvalue weighted by molar-refractivity contribution is -0.121. The molecule has 0 aromatic heterocycles. The van der Waals surface area contributed by atoms with E-state index in [1.54, 1.807) is 0 Å². The van der Waals surface area contributed by atoms with Gasteiger partial charge in [0.25, 0.3) is 0 Å². The van der Waals surface area contributed by atoms with Gasteiger partial charge in [-0.15, -0.1) is 12.4 Å². The Balaban J connectivity index is 0.00000288.